The second-order valence-electron chi connectivity index (χ2n) is 8.29. The fraction of sp³-hybridized carbons (Fsp3) is 0.346. The van der Waals surface area contributed by atoms with Crippen LogP contribution >= 0.6 is 0 Å². The van der Waals surface area contributed by atoms with E-state index >= 15 is 0 Å². The van der Waals surface area contributed by atoms with Crippen molar-refractivity contribution >= 4 is 11.6 Å². The van der Waals surface area contributed by atoms with Crippen molar-refractivity contribution in [2.75, 3.05) is 20.8 Å². The number of nitrogens with zero attached hydrogens (tertiary/aromatic N) is 3. The van der Waals surface area contributed by atoms with Gasteiger partial charge in [0.25, 0.3) is 5.89 Å². The van der Waals surface area contributed by atoms with E-state index in [0.29, 0.717) is 29.8 Å². The number of amides is 2. The molecule has 0 saturated heterocycles. The standard InChI is InChI=1S/C26H30N4O4/c1-6-7-14-30-17(3)22(25-28-24(29-34-25)18-10-8-16(2)9-11-18)23(27-26(30)31)19-12-13-20(32-4)21(15-19)33-5/h8-13,15,23H,6-7,14H2,1-5H3,(H,27,31). The quantitative estimate of drug-likeness (QED) is 0.485. The van der Waals surface area contributed by atoms with Crippen molar-refractivity contribution in [2.45, 2.75) is 39.7 Å². The summed E-state index contributed by atoms with van der Waals surface area (Å²) in [6, 6.07) is 12.9. The van der Waals surface area contributed by atoms with Gasteiger partial charge in [-0.2, -0.15) is 4.98 Å². The number of aromatic nitrogens is 2. The van der Waals surface area contributed by atoms with E-state index in [0.717, 1.165) is 40.8 Å². The van der Waals surface area contributed by atoms with E-state index < -0.39 is 6.04 Å². The van der Waals surface area contributed by atoms with Crippen LogP contribution < -0.4 is 14.8 Å². The lowest BCUT2D eigenvalue weighted by molar-refractivity contribution is 0.204. The van der Waals surface area contributed by atoms with Crippen LogP contribution in [0.25, 0.3) is 17.0 Å². The van der Waals surface area contributed by atoms with Crippen LogP contribution in [0.2, 0.25) is 0 Å². The van der Waals surface area contributed by atoms with Gasteiger partial charge in [0.15, 0.2) is 11.5 Å². The Labute approximate surface area is 199 Å². The molecule has 0 radical (unpaired) electrons. The zero-order valence-electron chi connectivity index (χ0n) is 20.2. The summed E-state index contributed by atoms with van der Waals surface area (Å²) in [5, 5.41) is 7.35. The Balaban J connectivity index is 1.81. The Bertz CT molecular complexity index is 1200. The lowest BCUT2D eigenvalue weighted by atomic mass is 9.94. The topological polar surface area (TPSA) is 89.7 Å². The molecule has 1 unspecified atom stereocenters. The predicted octanol–water partition coefficient (Wildman–Crippen LogP) is 5.36. The van der Waals surface area contributed by atoms with Gasteiger partial charge in [-0.3, -0.25) is 4.90 Å². The Morgan fingerprint density at radius 1 is 1.06 bits per heavy atom. The summed E-state index contributed by atoms with van der Waals surface area (Å²) in [6.45, 7) is 6.66. The van der Waals surface area contributed by atoms with E-state index in [-0.39, 0.29) is 6.03 Å². The highest BCUT2D eigenvalue weighted by atomic mass is 16.5. The van der Waals surface area contributed by atoms with Crippen molar-refractivity contribution < 1.29 is 18.8 Å². The van der Waals surface area contributed by atoms with E-state index in [4.69, 9.17) is 19.0 Å². The number of hydrogen-bond acceptors (Lipinski definition) is 6. The number of methoxy groups -OCH3 is 2. The highest BCUT2D eigenvalue weighted by Gasteiger charge is 2.36. The molecule has 0 fully saturated rings. The maximum atomic E-state index is 13.1. The van der Waals surface area contributed by atoms with Crippen molar-refractivity contribution in [3.63, 3.8) is 0 Å². The number of hydrogen-bond donors (Lipinski definition) is 1. The molecule has 1 aromatic heterocycles. The zero-order valence-corrected chi connectivity index (χ0v) is 20.2. The largest absolute Gasteiger partial charge is 0.493 e. The second kappa shape index (κ2) is 9.99. The summed E-state index contributed by atoms with van der Waals surface area (Å²) in [7, 11) is 3.17. The Morgan fingerprint density at radius 3 is 2.47 bits per heavy atom. The average molecular weight is 463 g/mol. The van der Waals surface area contributed by atoms with Gasteiger partial charge >= 0.3 is 6.03 Å². The molecule has 0 aliphatic carbocycles. The number of urea groups is 1. The summed E-state index contributed by atoms with van der Waals surface area (Å²) in [4.78, 5) is 19.5. The Hall–Kier alpha value is -3.81. The van der Waals surface area contributed by atoms with Crippen LogP contribution in [0.5, 0.6) is 11.5 Å². The summed E-state index contributed by atoms with van der Waals surface area (Å²) in [5.41, 5.74) is 4.39. The number of aryl methyl sites for hydroxylation is 1. The SMILES string of the molecule is CCCCN1C(=O)NC(c2ccc(OC)c(OC)c2)C(c2nc(-c3ccc(C)cc3)no2)=C1C. The maximum absolute atomic E-state index is 13.1. The number of unbranched alkanes of at least 4 members (excludes halogenated alkanes) is 1. The molecule has 1 aliphatic heterocycles. The summed E-state index contributed by atoms with van der Waals surface area (Å²) in [5.74, 6) is 2.05. The molecule has 1 aliphatic rings. The van der Waals surface area contributed by atoms with Crippen LogP contribution in [0.15, 0.2) is 52.7 Å². The van der Waals surface area contributed by atoms with Gasteiger partial charge in [0, 0.05) is 17.8 Å². The number of carbonyl (C=O) groups is 1. The van der Waals surface area contributed by atoms with Gasteiger partial charge in [-0.05, 0) is 38.0 Å². The molecule has 0 spiro atoms. The number of carbonyl (C=O) groups excluding carboxylic acids is 1. The Kier molecular flexibility index (Phi) is 6.86. The molecule has 3 aromatic rings. The molecule has 8 nitrogen and oxygen atoms in total. The smallest absolute Gasteiger partial charge is 0.322 e. The normalized spacial score (nSPS) is 16.0. The molecule has 0 saturated carbocycles. The summed E-state index contributed by atoms with van der Waals surface area (Å²) < 4.78 is 16.6. The minimum Gasteiger partial charge on any atom is -0.493 e. The fourth-order valence-electron chi connectivity index (χ4n) is 4.08. The lowest BCUT2D eigenvalue weighted by Gasteiger charge is -2.35. The van der Waals surface area contributed by atoms with Gasteiger partial charge in [0.2, 0.25) is 5.82 Å². The monoisotopic (exact) mass is 462 g/mol. The van der Waals surface area contributed by atoms with Crippen molar-refractivity contribution in [1.29, 1.82) is 0 Å². The fourth-order valence-corrected chi connectivity index (χ4v) is 4.08. The first kappa shape index (κ1) is 23.4. The van der Waals surface area contributed by atoms with Crippen LogP contribution in [0, 0.1) is 6.92 Å². The number of rotatable bonds is 8. The number of nitrogens with one attached hydrogen (secondary N) is 1. The summed E-state index contributed by atoms with van der Waals surface area (Å²) >= 11 is 0. The van der Waals surface area contributed by atoms with Crippen LogP contribution in [0.4, 0.5) is 4.79 Å². The second-order valence-corrected chi connectivity index (χ2v) is 8.29. The van der Waals surface area contributed by atoms with E-state index in [9.17, 15) is 4.79 Å². The minimum atomic E-state index is -0.489. The van der Waals surface area contributed by atoms with E-state index in [1.165, 1.54) is 0 Å². The number of benzene rings is 2. The average Bonchev–Trinajstić information content (AvgIpc) is 3.33. The summed E-state index contributed by atoms with van der Waals surface area (Å²) in [6.07, 6.45) is 1.86. The van der Waals surface area contributed by atoms with Gasteiger partial charge in [-0.1, -0.05) is 54.4 Å². The Morgan fingerprint density at radius 2 is 1.79 bits per heavy atom. The van der Waals surface area contributed by atoms with Crippen molar-refractivity contribution in [3.05, 3.63) is 65.2 Å². The van der Waals surface area contributed by atoms with Gasteiger partial charge in [-0.25, -0.2) is 4.79 Å². The molecular formula is C26H30N4O4. The van der Waals surface area contributed by atoms with Crippen molar-refractivity contribution in [2.24, 2.45) is 0 Å². The third kappa shape index (κ3) is 4.48. The van der Waals surface area contributed by atoms with Gasteiger partial charge < -0.3 is 19.3 Å². The molecule has 34 heavy (non-hydrogen) atoms. The minimum absolute atomic E-state index is 0.159. The van der Waals surface area contributed by atoms with Crippen LogP contribution in [-0.2, 0) is 0 Å². The van der Waals surface area contributed by atoms with Crippen LogP contribution in [0.3, 0.4) is 0 Å². The zero-order chi connectivity index (χ0) is 24.2. The predicted molar refractivity (Wildman–Crippen MR) is 129 cm³/mol. The maximum Gasteiger partial charge on any atom is 0.322 e. The molecule has 178 valence electrons. The van der Waals surface area contributed by atoms with Crippen LogP contribution in [-0.4, -0.2) is 41.8 Å². The molecule has 2 aromatic carbocycles. The van der Waals surface area contributed by atoms with Gasteiger partial charge in [0.05, 0.1) is 25.8 Å². The van der Waals surface area contributed by atoms with Crippen molar-refractivity contribution in [3.8, 4) is 22.9 Å². The molecule has 1 atom stereocenters. The highest BCUT2D eigenvalue weighted by Crippen LogP contribution is 2.40. The molecule has 4 rings (SSSR count). The lowest BCUT2D eigenvalue weighted by Crippen LogP contribution is -2.46. The van der Waals surface area contributed by atoms with E-state index in [1.54, 1.807) is 19.1 Å². The molecular weight excluding hydrogens is 432 g/mol. The molecule has 8 heteroatoms. The molecule has 2 amide bonds. The molecule has 0 bridgehead atoms. The number of allylic oxidation sites excluding steroid dienone is 1. The highest BCUT2D eigenvalue weighted by molar-refractivity contribution is 5.87. The first-order valence-electron chi connectivity index (χ1n) is 11.4. The van der Waals surface area contributed by atoms with E-state index in [1.807, 2.05) is 56.3 Å². The first-order chi connectivity index (χ1) is 16.5. The molecule has 1 N–H and O–H groups in total. The van der Waals surface area contributed by atoms with Crippen LogP contribution in [0.1, 0.15) is 49.7 Å². The van der Waals surface area contributed by atoms with Gasteiger partial charge in [-0.15, -0.1) is 0 Å². The van der Waals surface area contributed by atoms with Gasteiger partial charge in [0.1, 0.15) is 0 Å². The first-order valence-corrected chi connectivity index (χ1v) is 11.4. The third-order valence-electron chi connectivity index (χ3n) is 6.04. The number of ether oxygens (including phenoxy) is 2. The molecule has 2 heterocycles. The van der Waals surface area contributed by atoms with E-state index in [2.05, 4.69) is 17.4 Å². The third-order valence-corrected chi connectivity index (χ3v) is 6.04. The van der Waals surface area contributed by atoms with Crippen molar-refractivity contribution in [1.82, 2.24) is 20.4 Å².